The molecule has 1 atom stereocenters. The standard InChI is InChI=1S/C19H21N5O4S/c1-4-28-19(25)18-14-9-13(16-15(10-20-21-16)17(14)22-23-18)11-5-7-12(8-6-11)29(26,27)24(2)3/h5-8,10,13H,4,9H2,1-3H3,(H,20,21)(H,22,23). The zero-order valence-corrected chi connectivity index (χ0v) is 17.1. The van der Waals surface area contributed by atoms with Crippen molar-refractivity contribution in [2.24, 2.45) is 0 Å². The summed E-state index contributed by atoms with van der Waals surface area (Å²) in [5, 5.41) is 14.3. The van der Waals surface area contributed by atoms with Gasteiger partial charge in [0.1, 0.15) is 5.69 Å². The molecule has 1 aliphatic carbocycles. The molecule has 4 rings (SSSR count). The number of carbonyl (C=O) groups excluding carboxylic acids is 1. The van der Waals surface area contributed by atoms with E-state index >= 15 is 0 Å². The molecule has 9 nitrogen and oxygen atoms in total. The second-order valence-electron chi connectivity index (χ2n) is 6.96. The fourth-order valence-corrected chi connectivity index (χ4v) is 4.48. The van der Waals surface area contributed by atoms with E-state index in [-0.39, 0.29) is 17.4 Å². The molecule has 29 heavy (non-hydrogen) atoms. The van der Waals surface area contributed by atoms with Gasteiger partial charge in [-0.05, 0) is 31.0 Å². The average Bonchev–Trinajstić information content (AvgIpc) is 3.34. The quantitative estimate of drug-likeness (QED) is 0.614. The molecular weight excluding hydrogens is 394 g/mol. The Morgan fingerprint density at radius 1 is 1.24 bits per heavy atom. The summed E-state index contributed by atoms with van der Waals surface area (Å²) < 4.78 is 31.0. The molecule has 1 unspecified atom stereocenters. The molecule has 0 bridgehead atoms. The van der Waals surface area contributed by atoms with Crippen LogP contribution in [-0.2, 0) is 21.2 Å². The van der Waals surface area contributed by atoms with Crippen LogP contribution in [0.5, 0.6) is 0 Å². The van der Waals surface area contributed by atoms with Crippen molar-refractivity contribution in [1.29, 1.82) is 0 Å². The first-order chi connectivity index (χ1) is 13.8. The molecule has 152 valence electrons. The molecule has 0 fully saturated rings. The first kappa shape index (κ1) is 19.3. The van der Waals surface area contributed by atoms with Crippen LogP contribution in [0.3, 0.4) is 0 Å². The number of carbonyl (C=O) groups is 1. The van der Waals surface area contributed by atoms with Crippen molar-refractivity contribution in [3.63, 3.8) is 0 Å². The Kier molecular flexibility index (Phi) is 4.75. The van der Waals surface area contributed by atoms with Crippen LogP contribution in [-0.4, -0.2) is 59.8 Å². The van der Waals surface area contributed by atoms with Gasteiger partial charge >= 0.3 is 5.97 Å². The van der Waals surface area contributed by atoms with E-state index in [1.807, 2.05) is 0 Å². The van der Waals surface area contributed by atoms with Crippen LogP contribution in [0.15, 0.2) is 35.4 Å². The molecule has 2 heterocycles. The van der Waals surface area contributed by atoms with Gasteiger partial charge in [-0.2, -0.15) is 10.2 Å². The lowest BCUT2D eigenvalue weighted by atomic mass is 9.81. The van der Waals surface area contributed by atoms with Crippen LogP contribution < -0.4 is 0 Å². The van der Waals surface area contributed by atoms with Crippen LogP contribution in [0, 0.1) is 0 Å². The van der Waals surface area contributed by atoms with Crippen molar-refractivity contribution >= 4 is 16.0 Å². The zero-order valence-electron chi connectivity index (χ0n) is 16.3. The molecule has 0 aliphatic heterocycles. The number of rotatable bonds is 5. The Hall–Kier alpha value is -2.98. The summed E-state index contributed by atoms with van der Waals surface area (Å²) in [7, 11) is -0.504. The van der Waals surface area contributed by atoms with E-state index < -0.39 is 16.0 Å². The second-order valence-corrected chi connectivity index (χ2v) is 9.11. The van der Waals surface area contributed by atoms with Crippen LogP contribution >= 0.6 is 0 Å². The number of fused-ring (bicyclic) bond motifs is 3. The Balaban J connectivity index is 1.74. The number of aromatic nitrogens is 4. The number of aromatic amines is 2. The lowest BCUT2D eigenvalue weighted by molar-refractivity contribution is 0.0518. The first-order valence-electron chi connectivity index (χ1n) is 9.15. The third kappa shape index (κ3) is 3.14. The Bertz CT molecular complexity index is 1160. The summed E-state index contributed by atoms with van der Waals surface area (Å²) in [6.45, 7) is 2.02. The number of nitrogens with one attached hydrogen (secondary N) is 2. The van der Waals surface area contributed by atoms with Gasteiger partial charge in [-0.3, -0.25) is 10.2 Å². The molecule has 0 spiro atoms. The Morgan fingerprint density at radius 3 is 2.62 bits per heavy atom. The van der Waals surface area contributed by atoms with Gasteiger partial charge in [0.2, 0.25) is 10.0 Å². The predicted molar refractivity (Wildman–Crippen MR) is 105 cm³/mol. The highest BCUT2D eigenvalue weighted by Gasteiger charge is 2.33. The SMILES string of the molecule is CCOC(=O)c1[nH]nc2c1CC(c1ccc(S(=O)(=O)N(C)C)cc1)c1[nH]ncc1-2. The van der Waals surface area contributed by atoms with Crippen LogP contribution in [0.25, 0.3) is 11.3 Å². The monoisotopic (exact) mass is 415 g/mol. The van der Waals surface area contributed by atoms with E-state index in [1.54, 1.807) is 37.4 Å². The molecule has 0 saturated heterocycles. The molecule has 1 aromatic carbocycles. The van der Waals surface area contributed by atoms with Crippen LogP contribution in [0.4, 0.5) is 0 Å². The molecule has 0 amide bonds. The van der Waals surface area contributed by atoms with Crippen molar-refractivity contribution in [2.75, 3.05) is 20.7 Å². The molecular formula is C19H21N5O4S. The van der Waals surface area contributed by atoms with Crippen molar-refractivity contribution in [2.45, 2.75) is 24.2 Å². The van der Waals surface area contributed by atoms with Gasteiger partial charge in [-0.25, -0.2) is 17.5 Å². The number of esters is 1. The molecule has 2 N–H and O–H groups in total. The average molecular weight is 415 g/mol. The lowest BCUT2D eigenvalue weighted by Crippen LogP contribution is -2.22. The number of benzene rings is 1. The van der Waals surface area contributed by atoms with Gasteiger partial charge in [0, 0.05) is 31.1 Å². The number of H-pyrrole nitrogens is 2. The van der Waals surface area contributed by atoms with Crippen molar-refractivity contribution < 1.29 is 17.9 Å². The number of nitrogens with zero attached hydrogens (tertiary/aromatic N) is 3. The third-order valence-corrected chi connectivity index (χ3v) is 6.92. The molecule has 3 aromatic rings. The number of ether oxygens (including phenoxy) is 1. The Labute approximate surface area is 168 Å². The second kappa shape index (κ2) is 7.12. The maximum absolute atomic E-state index is 12.3. The first-order valence-corrected chi connectivity index (χ1v) is 10.6. The maximum Gasteiger partial charge on any atom is 0.356 e. The van der Waals surface area contributed by atoms with E-state index in [0.717, 1.165) is 22.4 Å². The van der Waals surface area contributed by atoms with E-state index in [0.29, 0.717) is 17.8 Å². The maximum atomic E-state index is 12.3. The summed E-state index contributed by atoms with van der Waals surface area (Å²) in [5.74, 6) is -0.568. The zero-order chi connectivity index (χ0) is 20.8. The van der Waals surface area contributed by atoms with Gasteiger partial charge in [-0.1, -0.05) is 12.1 Å². The number of hydrogen-bond acceptors (Lipinski definition) is 6. The third-order valence-electron chi connectivity index (χ3n) is 5.09. The van der Waals surface area contributed by atoms with Gasteiger partial charge in [0.25, 0.3) is 0 Å². The summed E-state index contributed by atoms with van der Waals surface area (Å²) in [5.41, 5.74) is 4.39. The van der Waals surface area contributed by atoms with E-state index in [9.17, 15) is 13.2 Å². The van der Waals surface area contributed by atoms with E-state index in [2.05, 4.69) is 20.4 Å². The highest BCUT2D eigenvalue weighted by atomic mass is 32.2. The highest BCUT2D eigenvalue weighted by molar-refractivity contribution is 7.89. The van der Waals surface area contributed by atoms with Gasteiger partial charge < -0.3 is 4.74 Å². The van der Waals surface area contributed by atoms with Crippen LogP contribution in [0.1, 0.15) is 40.2 Å². The summed E-state index contributed by atoms with van der Waals surface area (Å²) in [6, 6.07) is 6.78. The highest BCUT2D eigenvalue weighted by Crippen LogP contribution is 2.42. The molecule has 10 heteroatoms. The minimum Gasteiger partial charge on any atom is -0.461 e. The topological polar surface area (TPSA) is 121 Å². The van der Waals surface area contributed by atoms with Crippen LogP contribution in [0.2, 0.25) is 0 Å². The fraction of sp³-hybridized carbons (Fsp3) is 0.316. The molecule has 2 aromatic heterocycles. The van der Waals surface area contributed by atoms with Crippen molar-refractivity contribution in [1.82, 2.24) is 24.7 Å². The fourth-order valence-electron chi connectivity index (χ4n) is 3.58. The molecule has 1 aliphatic rings. The smallest absolute Gasteiger partial charge is 0.356 e. The largest absolute Gasteiger partial charge is 0.461 e. The minimum absolute atomic E-state index is 0.123. The molecule has 0 saturated carbocycles. The van der Waals surface area contributed by atoms with Crippen molar-refractivity contribution in [3.8, 4) is 11.3 Å². The molecule has 0 radical (unpaired) electrons. The normalized spacial score (nSPS) is 15.8. The number of sulfonamides is 1. The summed E-state index contributed by atoms with van der Waals surface area (Å²) in [4.78, 5) is 12.5. The lowest BCUT2D eigenvalue weighted by Gasteiger charge is -2.23. The van der Waals surface area contributed by atoms with E-state index in [4.69, 9.17) is 4.74 Å². The summed E-state index contributed by atoms with van der Waals surface area (Å²) >= 11 is 0. The summed E-state index contributed by atoms with van der Waals surface area (Å²) in [6.07, 6.45) is 2.19. The van der Waals surface area contributed by atoms with Crippen molar-refractivity contribution in [3.05, 3.63) is 53.0 Å². The predicted octanol–water partition coefficient (Wildman–Crippen LogP) is 1.91. The van der Waals surface area contributed by atoms with Gasteiger partial charge in [0.05, 0.1) is 29.1 Å². The number of hydrogen-bond donors (Lipinski definition) is 2. The minimum atomic E-state index is -3.50. The Morgan fingerprint density at radius 2 is 1.97 bits per heavy atom. The van der Waals surface area contributed by atoms with E-state index in [1.165, 1.54) is 18.4 Å². The van der Waals surface area contributed by atoms with Gasteiger partial charge in [-0.15, -0.1) is 0 Å². The van der Waals surface area contributed by atoms with Gasteiger partial charge in [0.15, 0.2) is 0 Å².